The number of hydrogen-bond donors (Lipinski definition) is 3. The van der Waals surface area contributed by atoms with E-state index in [0.29, 0.717) is 12.5 Å². The average Bonchev–Trinajstić information content (AvgIpc) is 3.07. The topological polar surface area (TPSA) is 65.5 Å². The number of nitrogens with zero attached hydrogens (tertiary/aromatic N) is 1. The number of benzene rings is 1. The van der Waals surface area contributed by atoms with Gasteiger partial charge in [0.05, 0.1) is 12.5 Å². The fourth-order valence-corrected chi connectivity index (χ4v) is 2.90. The van der Waals surface area contributed by atoms with Gasteiger partial charge in [0.25, 0.3) is 0 Å². The summed E-state index contributed by atoms with van der Waals surface area (Å²) in [5.41, 5.74) is 2.42. The van der Waals surface area contributed by atoms with E-state index in [-0.39, 0.29) is 11.8 Å². The summed E-state index contributed by atoms with van der Waals surface area (Å²) >= 11 is 0. The maximum atomic E-state index is 12.4. The molecule has 0 bridgehead atoms. The number of aliphatic imine (C=N–C) groups is 1. The number of guanidine groups is 1. The molecule has 132 valence electrons. The lowest BCUT2D eigenvalue weighted by Crippen LogP contribution is -2.36. The lowest BCUT2D eigenvalue weighted by Gasteiger charge is -2.17. The van der Waals surface area contributed by atoms with Gasteiger partial charge in [0.15, 0.2) is 5.96 Å². The molecule has 1 amide bonds. The van der Waals surface area contributed by atoms with E-state index in [1.165, 1.54) is 5.56 Å². The van der Waals surface area contributed by atoms with Crippen LogP contribution < -0.4 is 16.0 Å². The van der Waals surface area contributed by atoms with Gasteiger partial charge in [-0.1, -0.05) is 38.1 Å². The zero-order valence-electron chi connectivity index (χ0n) is 15.1. The number of carbonyl (C=O) groups excluding carboxylic acids is 1. The molecule has 0 aliphatic carbocycles. The Bertz CT molecular complexity index is 568. The molecule has 5 nitrogen and oxygen atoms in total. The fourth-order valence-electron chi connectivity index (χ4n) is 2.90. The average molecular weight is 330 g/mol. The van der Waals surface area contributed by atoms with Crippen molar-refractivity contribution in [3.63, 3.8) is 0 Å². The van der Waals surface area contributed by atoms with Crippen LogP contribution in [-0.4, -0.2) is 38.0 Å². The predicted octanol–water partition coefficient (Wildman–Crippen LogP) is 2.04. The van der Waals surface area contributed by atoms with Gasteiger partial charge in [-0.2, -0.15) is 0 Å². The van der Waals surface area contributed by atoms with Crippen LogP contribution in [0.5, 0.6) is 0 Å². The number of hydrogen-bond acceptors (Lipinski definition) is 4. The smallest absolute Gasteiger partial charge is 0.227 e. The minimum atomic E-state index is -0.117. The number of rotatable bonds is 8. The Hall–Kier alpha value is -2.04. The van der Waals surface area contributed by atoms with Crippen LogP contribution in [0.3, 0.4) is 0 Å². The molecule has 5 heteroatoms. The summed E-state index contributed by atoms with van der Waals surface area (Å²) in [6, 6.07) is 8.28. The highest BCUT2D eigenvalue weighted by Gasteiger charge is 2.18. The van der Waals surface area contributed by atoms with Crippen molar-refractivity contribution in [1.29, 1.82) is 0 Å². The fraction of sp³-hybridized carbons (Fsp3) is 0.579. The molecule has 0 saturated heterocycles. The van der Waals surface area contributed by atoms with Gasteiger partial charge in [-0.25, -0.2) is 0 Å². The monoisotopic (exact) mass is 330 g/mol. The normalized spacial score (nSPS) is 14.9. The summed E-state index contributed by atoms with van der Waals surface area (Å²) in [6.45, 7) is 9.64. The molecule has 24 heavy (non-hydrogen) atoms. The van der Waals surface area contributed by atoms with E-state index in [4.69, 9.17) is 0 Å². The third-order valence-corrected chi connectivity index (χ3v) is 4.16. The first kappa shape index (κ1) is 18.3. The van der Waals surface area contributed by atoms with Crippen molar-refractivity contribution in [1.82, 2.24) is 16.0 Å². The Balaban J connectivity index is 1.77. The molecule has 1 aliphatic heterocycles. The van der Waals surface area contributed by atoms with Crippen molar-refractivity contribution in [3.05, 3.63) is 35.4 Å². The van der Waals surface area contributed by atoms with Gasteiger partial charge in [0, 0.05) is 19.6 Å². The van der Waals surface area contributed by atoms with Crippen molar-refractivity contribution in [3.8, 4) is 0 Å². The summed E-state index contributed by atoms with van der Waals surface area (Å²) in [5, 5.41) is 9.45. The van der Waals surface area contributed by atoms with E-state index in [9.17, 15) is 4.79 Å². The van der Waals surface area contributed by atoms with E-state index in [2.05, 4.69) is 53.0 Å². The standard InChI is InChI=1S/C19H30N4O/c1-14(2)13-16-7-4-5-8-17(16)15(3)18(24)20-9-6-10-21-19-22-11-12-23-19/h4-5,7-8,14-15H,6,9-13H2,1-3H3,(H,20,24)(H2,21,22,23). The van der Waals surface area contributed by atoms with E-state index >= 15 is 0 Å². The summed E-state index contributed by atoms with van der Waals surface area (Å²) in [7, 11) is 0. The van der Waals surface area contributed by atoms with Crippen LogP contribution in [-0.2, 0) is 11.2 Å². The van der Waals surface area contributed by atoms with E-state index in [0.717, 1.165) is 44.0 Å². The number of carbonyl (C=O) groups is 1. The highest BCUT2D eigenvalue weighted by molar-refractivity contribution is 5.83. The van der Waals surface area contributed by atoms with Crippen LogP contribution in [0.2, 0.25) is 0 Å². The molecule has 0 saturated carbocycles. The molecule has 1 heterocycles. The van der Waals surface area contributed by atoms with Gasteiger partial charge >= 0.3 is 0 Å². The largest absolute Gasteiger partial charge is 0.356 e. The highest BCUT2D eigenvalue weighted by Crippen LogP contribution is 2.22. The zero-order chi connectivity index (χ0) is 17.4. The lowest BCUT2D eigenvalue weighted by molar-refractivity contribution is -0.122. The second-order valence-electron chi connectivity index (χ2n) is 6.75. The third-order valence-electron chi connectivity index (χ3n) is 4.16. The summed E-state index contributed by atoms with van der Waals surface area (Å²) in [6.07, 6.45) is 1.89. The molecule has 0 aromatic heterocycles. The highest BCUT2D eigenvalue weighted by atomic mass is 16.1. The van der Waals surface area contributed by atoms with Crippen molar-refractivity contribution in [2.45, 2.75) is 39.5 Å². The quantitative estimate of drug-likeness (QED) is 0.639. The Labute approximate surface area is 145 Å². The molecule has 2 rings (SSSR count). The van der Waals surface area contributed by atoms with Crippen LogP contribution in [0, 0.1) is 5.92 Å². The molecular weight excluding hydrogens is 300 g/mol. The van der Waals surface area contributed by atoms with E-state index in [1.807, 2.05) is 13.0 Å². The molecule has 1 aliphatic rings. The van der Waals surface area contributed by atoms with Crippen LogP contribution >= 0.6 is 0 Å². The second kappa shape index (κ2) is 9.30. The van der Waals surface area contributed by atoms with Gasteiger partial charge in [0.2, 0.25) is 5.91 Å². The zero-order valence-corrected chi connectivity index (χ0v) is 15.1. The van der Waals surface area contributed by atoms with Gasteiger partial charge in [-0.05, 0) is 36.8 Å². The first-order valence-electron chi connectivity index (χ1n) is 8.95. The van der Waals surface area contributed by atoms with Gasteiger partial charge in [-0.15, -0.1) is 0 Å². The second-order valence-corrected chi connectivity index (χ2v) is 6.75. The summed E-state index contributed by atoms with van der Waals surface area (Å²) in [4.78, 5) is 16.7. The van der Waals surface area contributed by atoms with Crippen LogP contribution in [0.1, 0.15) is 44.2 Å². The SMILES string of the molecule is CC(C)Cc1ccccc1C(C)C(=O)NCCCNC1=NCCN1. The Morgan fingerprint density at radius 1 is 1.25 bits per heavy atom. The van der Waals surface area contributed by atoms with Gasteiger partial charge in [-0.3, -0.25) is 9.79 Å². The Morgan fingerprint density at radius 3 is 2.75 bits per heavy atom. The minimum Gasteiger partial charge on any atom is -0.356 e. The van der Waals surface area contributed by atoms with Crippen molar-refractivity contribution in [2.24, 2.45) is 10.9 Å². The van der Waals surface area contributed by atoms with Crippen LogP contribution in [0.25, 0.3) is 0 Å². The van der Waals surface area contributed by atoms with Crippen molar-refractivity contribution < 1.29 is 4.79 Å². The summed E-state index contributed by atoms with van der Waals surface area (Å²) in [5.74, 6) is 1.44. The minimum absolute atomic E-state index is 0.0996. The van der Waals surface area contributed by atoms with E-state index in [1.54, 1.807) is 0 Å². The predicted molar refractivity (Wildman–Crippen MR) is 99.3 cm³/mol. The molecule has 0 radical (unpaired) electrons. The molecule has 3 N–H and O–H groups in total. The molecule has 1 aromatic carbocycles. The van der Waals surface area contributed by atoms with Crippen LogP contribution in [0.15, 0.2) is 29.3 Å². The molecule has 0 spiro atoms. The van der Waals surface area contributed by atoms with E-state index < -0.39 is 0 Å². The lowest BCUT2D eigenvalue weighted by atomic mass is 9.90. The molecule has 1 aromatic rings. The Morgan fingerprint density at radius 2 is 2.04 bits per heavy atom. The van der Waals surface area contributed by atoms with Crippen molar-refractivity contribution >= 4 is 11.9 Å². The number of nitrogens with one attached hydrogen (secondary N) is 3. The number of amides is 1. The van der Waals surface area contributed by atoms with Crippen LogP contribution in [0.4, 0.5) is 0 Å². The summed E-state index contributed by atoms with van der Waals surface area (Å²) < 4.78 is 0. The van der Waals surface area contributed by atoms with Gasteiger partial charge in [0.1, 0.15) is 0 Å². The van der Waals surface area contributed by atoms with Gasteiger partial charge < -0.3 is 16.0 Å². The molecule has 1 unspecified atom stereocenters. The maximum Gasteiger partial charge on any atom is 0.227 e. The third kappa shape index (κ3) is 5.55. The molecule has 1 atom stereocenters. The first-order chi connectivity index (χ1) is 11.6. The first-order valence-corrected chi connectivity index (χ1v) is 8.95. The molecular formula is C19H30N4O. The van der Waals surface area contributed by atoms with Crippen molar-refractivity contribution in [2.75, 3.05) is 26.2 Å². The maximum absolute atomic E-state index is 12.4. The Kier molecular flexibility index (Phi) is 7.09. The molecule has 0 fully saturated rings.